The maximum Gasteiger partial charge on any atom is 0.305 e. The minimum absolute atomic E-state index is 0.0332. The first kappa shape index (κ1) is 36.3. The van der Waals surface area contributed by atoms with Gasteiger partial charge in [0.2, 0.25) is 15.7 Å². The van der Waals surface area contributed by atoms with E-state index in [1.807, 2.05) is 18.2 Å². The molecule has 9 nitrogen and oxygen atoms in total. The molecule has 11 heteroatoms. The minimum atomic E-state index is -3.78. The fourth-order valence-electron chi connectivity index (χ4n) is 8.61. The van der Waals surface area contributed by atoms with E-state index in [-0.39, 0.29) is 45.8 Å². The number of likely N-dealkylation sites (tertiary alicyclic amines) is 1. The zero-order valence-electron chi connectivity index (χ0n) is 29.0. The highest BCUT2D eigenvalue weighted by Gasteiger charge is 2.58. The predicted molar refractivity (Wildman–Crippen MR) is 194 cm³/mol. The second-order valence-corrected chi connectivity index (χ2v) is 16.0. The van der Waals surface area contributed by atoms with Gasteiger partial charge < -0.3 is 24.7 Å². The maximum atomic E-state index is 14.6. The lowest BCUT2D eigenvalue weighted by Gasteiger charge is -2.46. The van der Waals surface area contributed by atoms with Crippen molar-refractivity contribution in [3.8, 4) is 0 Å². The van der Waals surface area contributed by atoms with Crippen LogP contribution in [0.1, 0.15) is 44.1 Å². The van der Waals surface area contributed by atoms with Crippen molar-refractivity contribution in [3.63, 3.8) is 0 Å². The number of nitrogens with one attached hydrogen (secondary N) is 1. The molecule has 3 aliphatic rings. The number of rotatable bonds is 12. The minimum Gasteiger partial charge on any atom is -0.469 e. The molecule has 2 saturated heterocycles. The normalized spacial score (nSPS) is 21.2. The van der Waals surface area contributed by atoms with Crippen molar-refractivity contribution < 1.29 is 27.1 Å². The third-order valence-electron chi connectivity index (χ3n) is 11.1. The highest BCUT2D eigenvalue weighted by molar-refractivity contribution is 7.91. The lowest BCUT2D eigenvalue weighted by Crippen LogP contribution is -2.53. The molecule has 0 unspecified atom stereocenters. The fraction of sp³-hybridized carbons (Fsp3) is 0.425. The molecule has 0 bridgehead atoms. The van der Waals surface area contributed by atoms with E-state index in [2.05, 4.69) is 26.5 Å². The Morgan fingerprint density at radius 3 is 2.41 bits per heavy atom. The summed E-state index contributed by atoms with van der Waals surface area (Å²) < 4.78 is 46.3. The van der Waals surface area contributed by atoms with Gasteiger partial charge in [-0.3, -0.25) is 9.59 Å². The van der Waals surface area contributed by atoms with Crippen molar-refractivity contribution in [2.75, 3.05) is 50.1 Å². The van der Waals surface area contributed by atoms with Crippen LogP contribution in [0.3, 0.4) is 0 Å². The molecule has 0 aromatic heterocycles. The summed E-state index contributed by atoms with van der Waals surface area (Å²) in [7, 11) is -2.38. The van der Waals surface area contributed by atoms with Crippen LogP contribution in [0.4, 0.5) is 15.8 Å². The number of amides is 1. The highest BCUT2D eigenvalue weighted by atomic mass is 32.2. The third kappa shape index (κ3) is 7.58. The molecular formula is C40H45FN4O5S. The molecule has 0 spiro atoms. The van der Waals surface area contributed by atoms with Crippen molar-refractivity contribution >= 4 is 33.1 Å². The number of methoxy groups -OCH3 is 1. The van der Waals surface area contributed by atoms with Gasteiger partial charge in [-0.1, -0.05) is 31.2 Å². The average molecular weight is 713 g/mol. The molecule has 3 aromatic carbocycles. The van der Waals surface area contributed by atoms with Crippen LogP contribution in [-0.2, 0) is 29.7 Å². The first-order valence-electron chi connectivity index (χ1n) is 17.6. The van der Waals surface area contributed by atoms with Crippen LogP contribution in [0.2, 0.25) is 0 Å². The molecule has 1 saturated carbocycles. The predicted octanol–water partition coefficient (Wildman–Crippen LogP) is 6.73. The summed E-state index contributed by atoms with van der Waals surface area (Å²) in [5, 5.41) is 2.60. The molecule has 1 aliphatic carbocycles. The number of halogens is 1. The van der Waals surface area contributed by atoms with Crippen LogP contribution >= 0.6 is 0 Å². The van der Waals surface area contributed by atoms with Crippen LogP contribution in [0, 0.1) is 36.1 Å². The summed E-state index contributed by atoms with van der Waals surface area (Å²) in [5.74, 6) is -0.500. The Kier molecular flexibility index (Phi) is 10.9. The topological polar surface area (TPSA) is 100 Å². The van der Waals surface area contributed by atoms with Crippen LogP contribution in [-0.4, -0.2) is 65.0 Å². The smallest absolute Gasteiger partial charge is 0.305 e. The summed E-state index contributed by atoms with van der Waals surface area (Å²) in [6.07, 6.45) is 5.73. The number of benzene rings is 3. The standard InChI is InChI=1S/C40H45FN4O5S/c1-4-38(46)43-33-11-7-12-36(24-33)51(48,49)35-16-14-34(15-17-35)45-26-28(27-45)25-44-20-18-30(19-21-44)40(42-2,31-9-6-10-32(41)23-31)37-13-5-8-29(37)22-39(47)50-3/h4,6-7,9-12,14-17,23-24,28-30,37H,1,5,8,13,18-22,25-27H2,3H3,(H,43,46)/t29-,37+,40-/m1/s1. The second-order valence-electron chi connectivity index (χ2n) is 14.1. The largest absolute Gasteiger partial charge is 0.469 e. The number of hydrogen-bond donors (Lipinski definition) is 1. The van der Waals surface area contributed by atoms with Gasteiger partial charge in [-0.25, -0.2) is 19.4 Å². The Bertz CT molecular complexity index is 1900. The van der Waals surface area contributed by atoms with Gasteiger partial charge >= 0.3 is 5.97 Å². The van der Waals surface area contributed by atoms with Gasteiger partial charge in [-0.2, -0.15) is 0 Å². The van der Waals surface area contributed by atoms with Crippen molar-refractivity contribution in [3.05, 3.63) is 108 Å². The van der Waals surface area contributed by atoms with Gasteiger partial charge in [-0.15, -0.1) is 0 Å². The van der Waals surface area contributed by atoms with E-state index >= 15 is 0 Å². The van der Waals surface area contributed by atoms with Gasteiger partial charge in [0, 0.05) is 60.7 Å². The van der Waals surface area contributed by atoms with E-state index in [0.29, 0.717) is 11.6 Å². The lowest BCUT2D eigenvalue weighted by atomic mass is 9.63. The summed E-state index contributed by atoms with van der Waals surface area (Å²) >= 11 is 0. The van der Waals surface area contributed by atoms with Crippen molar-refractivity contribution in [2.24, 2.45) is 23.7 Å². The number of sulfone groups is 1. The number of esters is 1. The molecule has 268 valence electrons. The zero-order valence-corrected chi connectivity index (χ0v) is 29.8. The van der Waals surface area contributed by atoms with Crippen LogP contribution < -0.4 is 10.2 Å². The van der Waals surface area contributed by atoms with Crippen molar-refractivity contribution in [1.82, 2.24) is 4.90 Å². The summed E-state index contributed by atoms with van der Waals surface area (Å²) in [6.45, 7) is 16.4. The Morgan fingerprint density at radius 1 is 1.02 bits per heavy atom. The molecule has 0 radical (unpaired) electrons. The average Bonchev–Trinajstić information content (AvgIpc) is 3.59. The maximum absolute atomic E-state index is 14.6. The van der Waals surface area contributed by atoms with E-state index in [9.17, 15) is 22.4 Å². The second kappa shape index (κ2) is 15.4. The number of anilines is 2. The SMILES string of the molecule is [C-]#[N+][C@@](c1cccc(F)c1)(C1CCN(CC2CN(c3ccc(S(=O)(=O)c4cccc(NC(=O)C=C)c4)cc3)C2)CC1)[C@H]1CCC[C@@H]1CC(=O)OC. The Hall–Kier alpha value is -4.53. The van der Waals surface area contributed by atoms with Crippen LogP contribution in [0.25, 0.3) is 4.85 Å². The van der Waals surface area contributed by atoms with Crippen LogP contribution in [0.15, 0.2) is 95.2 Å². The molecule has 3 aromatic rings. The van der Waals surface area contributed by atoms with Gasteiger partial charge in [0.25, 0.3) is 5.54 Å². The Labute approximate surface area is 300 Å². The number of ether oxygens (including phenoxy) is 1. The van der Waals surface area contributed by atoms with E-state index < -0.39 is 21.3 Å². The molecule has 2 aliphatic heterocycles. The van der Waals surface area contributed by atoms with Crippen molar-refractivity contribution in [2.45, 2.75) is 53.9 Å². The van der Waals surface area contributed by atoms with Gasteiger partial charge in [0.1, 0.15) is 5.82 Å². The van der Waals surface area contributed by atoms with E-state index in [4.69, 9.17) is 11.3 Å². The van der Waals surface area contributed by atoms with E-state index in [1.54, 1.807) is 30.3 Å². The van der Waals surface area contributed by atoms with Crippen molar-refractivity contribution in [1.29, 1.82) is 0 Å². The van der Waals surface area contributed by atoms with E-state index in [1.165, 1.54) is 31.4 Å². The number of nitrogens with zero attached hydrogens (tertiary/aromatic N) is 3. The summed E-state index contributed by atoms with van der Waals surface area (Å²) in [4.78, 5) is 33.4. The van der Waals surface area contributed by atoms with Gasteiger partial charge in [0.15, 0.2) is 0 Å². The molecule has 3 atom stereocenters. The molecule has 1 N–H and O–H groups in total. The molecule has 6 rings (SSSR count). The molecule has 2 heterocycles. The van der Waals surface area contributed by atoms with Gasteiger partial charge in [-0.05, 0) is 105 Å². The first-order valence-corrected chi connectivity index (χ1v) is 19.1. The monoisotopic (exact) mass is 712 g/mol. The Morgan fingerprint density at radius 2 is 1.75 bits per heavy atom. The number of hydrogen-bond acceptors (Lipinski definition) is 7. The zero-order chi connectivity index (χ0) is 36.2. The quantitative estimate of drug-likeness (QED) is 0.126. The first-order chi connectivity index (χ1) is 24.6. The molecular weight excluding hydrogens is 668 g/mol. The Balaban J connectivity index is 1.06. The molecule has 3 fully saturated rings. The number of carbonyl (C=O) groups is 2. The molecule has 51 heavy (non-hydrogen) atoms. The molecule has 1 amide bonds. The van der Waals surface area contributed by atoms with E-state index in [0.717, 1.165) is 82.2 Å². The van der Waals surface area contributed by atoms with Crippen LogP contribution in [0.5, 0.6) is 0 Å². The summed E-state index contributed by atoms with van der Waals surface area (Å²) in [6, 6.07) is 19.6. The van der Waals surface area contributed by atoms with Gasteiger partial charge in [0.05, 0.1) is 16.9 Å². The number of carbonyl (C=O) groups excluding carboxylic acids is 2. The summed E-state index contributed by atoms with van der Waals surface area (Å²) in [5.41, 5.74) is 1.19. The third-order valence-corrected chi connectivity index (χ3v) is 12.9. The fourth-order valence-corrected chi connectivity index (χ4v) is 9.92. The highest BCUT2D eigenvalue weighted by Crippen LogP contribution is 2.54. The number of piperidine rings is 1. The lowest BCUT2D eigenvalue weighted by molar-refractivity contribution is -0.142.